The maximum absolute atomic E-state index is 13.6. The summed E-state index contributed by atoms with van der Waals surface area (Å²) < 4.78 is 16.9. The largest absolute Gasteiger partial charge is 0.495 e. The number of benzene rings is 3. The number of nitrogens with two attached hydrogens (primary N) is 1. The van der Waals surface area contributed by atoms with Crippen LogP contribution in [0.3, 0.4) is 0 Å². The number of hydrogen-bond donors (Lipinski definition) is 4. The van der Waals surface area contributed by atoms with Gasteiger partial charge in [0.25, 0.3) is 11.8 Å². The van der Waals surface area contributed by atoms with E-state index in [0.29, 0.717) is 59.6 Å². The van der Waals surface area contributed by atoms with Crippen LogP contribution in [0.15, 0.2) is 54.6 Å². The molecule has 4 aromatic rings. The fraction of sp³-hybridized carbons (Fsp3) is 0.361. The molecule has 0 fully saturated rings. The van der Waals surface area contributed by atoms with Crippen molar-refractivity contribution in [2.45, 2.75) is 65.0 Å². The molecule has 1 heterocycles. The molecule has 0 radical (unpaired) electrons. The number of fused-ring (bicyclic) bond motifs is 1. The maximum atomic E-state index is 13.6. The summed E-state index contributed by atoms with van der Waals surface area (Å²) >= 11 is 0. The Balaban J connectivity index is 1.49. The van der Waals surface area contributed by atoms with Crippen LogP contribution in [0.25, 0.3) is 11.0 Å². The number of para-hydroxylation sites is 1. The molecule has 1 aromatic heterocycles. The highest BCUT2D eigenvalue weighted by molar-refractivity contribution is 6.12. The van der Waals surface area contributed by atoms with Crippen LogP contribution < -0.4 is 25.4 Å². The number of aryl methyl sites for hydroxylation is 1. The molecule has 260 valence electrons. The minimum absolute atomic E-state index is 0.118. The Bertz CT molecular complexity index is 1840. The number of methoxy groups -OCH3 is 1. The molecule has 0 aliphatic carbocycles. The molecule has 0 spiro atoms. The Morgan fingerprint density at radius 2 is 1.78 bits per heavy atom. The quantitative estimate of drug-likeness (QED) is 0.0945. The first-order chi connectivity index (χ1) is 23.2. The van der Waals surface area contributed by atoms with E-state index in [0.717, 1.165) is 5.56 Å². The zero-order valence-electron chi connectivity index (χ0n) is 28.6. The van der Waals surface area contributed by atoms with Gasteiger partial charge in [-0.2, -0.15) is 0 Å². The van der Waals surface area contributed by atoms with E-state index in [4.69, 9.17) is 25.1 Å². The molecule has 1 atom stereocenters. The third-order valence-electron chi connectivity index (χ3n) is 7.50. The van der Waals surface area contributed by atoms with Crippen molar-refractivity contribution in [1.82, 2.24) is 9.97 Å². The van der Waals surface area contributed by atoms with Gasteiger partial charge in [0.15, 0.2) is 6.04 Å². The number of aromatic nitrogens is 2. The second kappa shape index (κ2) is 15.6. The lowest BCUT2D eigenvalue weighted by molar-refractivity contribution is -0.156. The van der Waals surface area contributed by atoms with Crippen LogP contribution in [0.5, 0.6) is 11.5 Å². The number of carboxylic acids is 1. The Labute approximate surface area is 284 Å². The van der Waals surface area contributed by atoms with Gasteiger partial charge in [0.1, 0.15) is 28.4 Å². The monoisotopic (exact) mass is 673 g/mol. The number of H-pyrrole nitrogens is 1. The molecule has 5 N–H and O–H groups in total. The first-order valence-corrected chi connectivity index (χ1v) is 15.9. The van der Waals surface area contributed by atoms with Crippen LogP contribution in [0.1, 0.15) is 84.6 Å². The first kappa shape index (κ1) is 36.4. The van der Waals surface area contributed by atoms with Crippen LogP contribution in [-0.4, -0.2) is 65.2 Å². The van der Waals surface area contributed by atoms with E-state index < -0.39 is 29.5 Å². The Morgan fingerprint density at radius 3 is 2.47 bits per heavy atom. The zero-order chi connectivity index (χ0) is 35.9. The van der Waals surface area contributed by atoms with Gasteiger partial charge in [0, 0.05) is 19.0 Å². The highest BCUT2D eigenvalue weighted by atomic mass is 16.6. The smallest absolute Gasteiger partial charge is 0.331 e. The summed E-state index contributed by atoms with van der Waals surface area (Å²) in [4.78, 5) is 59.3. The summed E-state index contributed by atoms with van der Waals surface area (Å²) in [6.07, 6.45) is 2.08. The topological polar surface area (TPSA) is 186 Å². The van der Waals surface area contributed by atoms with Crippen molar-refractivity contribution in [2.75, 3.05) is 31.0 Å². The number of esters is 1. The SMILES string of the molecule is COc1cc(C(=O)N(C)c2ccc(C)cc2OCCCCCC(=O)O)ccc1NC(=O)c1cccc2[nH]c(C(N)C(=O)OC(C)(C)C)nc12. The zero-order valence-corrected chi connectivity index (χ0v) is 28.6. The number of nitrogens with one attached hydrogen (secondary N) is 2. The fourth-order valence-corrected chi connectivity index (χ4v) is 5.03. The normalized spacial score (nSPS) is 11.9. The van der Waals surface area contributed by atoms with E-state index in [1.807, 2.05) is 19.1 Å². The Kier molecular flexibility index (Phi) is 11.6. The number of imidazole rings is 1. The summed E-state index contributed by atoms with van der Waals surface area (Å²) in [5, 5.41) is 11.7. The molecule has 0 aliphatic heterocycles. The minimum Gasteiger partial charge on any atom is -0.495 e. The Morgan fingerprint density at radius 1 is 1.02 bits per heavy atom. The number of carboxylic acid groups (broad SMARTS) is 1. The lowest BCUT2D eigenvalue weighted by atomic mass is 10.1. The van der Waals surface area contributed by atoms with Crippen molar-refractivity contribution in [1.29, 1.82) is 0 Å². The summed E-state index contributed by atoms with van der Waals surface area (Å²) in [7, 11) is 3.08. The van der Waals surface area contributed by atoms with E-state index in [2.05, 4.69) is 15.3 Å². The molecular formula is C36H43N5O8. The second-order valence-corrected chi connectivity index (χ2v) is 12.6. The summed E-state index contributed by atoms with van der Waals surface area (Å²) in [6.45, 7) is 7.52. The molecule has 49 heavy (non-hydrogen) atoms. The predicted molar refractivity (Wildman–Crippen MR) is 185 cm³/mol. The van der Waals surface area contributed by atoms with Gasteiger partial charge in [-0.1, -0.05) is 12.1 Å². The van der Waals surface area contributed by atoms with Crippen molar-refractivity contribution < 1.29 is 38.5 Å². The van der Waals surface area contributed by atoms with Gasteiger partial charge >= 0.3 is 11.9 Å². The number of ether oxygens (including phenoxy) is 3. The van der Waals surface area contributed by atoms with E-state index in [1.54, 1.807) is 70.3 Å². The Hall–Kier alpha value is -5.43. The van der Waals surface area contributed by atoms with Gasteiger partial charge in [0.05, 0.1) is 36.2 Å². The van der Waals surface area contributed by atoms with Crippen molar-refractivity contribution >= 4 is 46.2 Å². The number of aliphatic carboxylic acids is 1. The fourth-order valence-electron chi connectivity index (χ4n) is 5.03. The number of anilines is 2. The average molecular weight is 674 g/mol. The third kappa shape index (κ3) is 9.35. The first-order valence-electron chi connectivity index (χ1n) is 15.9. The highest BCUT2D eigenvalue weighted by Gasteiger charge is 2.27. The van der Waals surface area contributed by atoms with Crippen LogP contribution in [0.4, 0.5) is 11.4 Å². The molecule has 13 nitrogen and oxygen atoms in total. The van der Waals surface area contributed by atoms with Crippen LogP contribution in [0.2, 0.25) is 0 Å². The molecule has 0 saturated carbocycles. The summed E-state index contributed by atoms with van der Waals surface area (Å²) in [6, 6.07) is 14.1. The van der Waals surface area contributed by atoms with Crippen molar-refractivity contribution in [3.63, 3.8) is 0 Å². The number of nitrogens with zero attached hydrogens (tertiary/aromatic N) is 2. The van der Waals surface area contributed by atoms with Gasteiger partial charge in [-0.05, 0) is 95.0 Å². The molecule has 13 heteroatoms. The number of aromatic amines is 1. The molecule has 2 amide bonds. The van der Waals surface area contributed by atoms with Crippen molar-refractivity contribution in [3.8, 4) is 11.5 Å². The van der Waals surface area contributed by atoms with Crippen LogP contribution >= 0.6 is 0 Å². The second-order valence-electron chi connectivity index (χ2n) is 12.6. The molecule has 1 unspecified atom stereocenters. The number of hydrogen-bond acceptors (Lipinski definition) is 9. The summed E-state index contributed by atoms with van der Waals surface area (Å²) in [5.41, 5.74) is 8.60. The molecule has 3 aromatic carbocycles. The summed E-state index contributed by atoms with van der Waals surface area (Å²) in [5.74, 6) is -1.34. The van der Waals surface area contributed by atoms with Crippen molar-refractivity contribution in [3.05, 3.63) is 77.1 Å². The van der Waals surface area contributed by atoms with Gasteiger partial charge in [-0.3, -0.25) is 14.4 Å². The highest BCUT2D eigenvalue weighted by Crippen LogP contribution is 2.32. The standard InChI is InChI=1S/C36H43N5O8/c1-21-14-17-26(28(19-21)48-18-9-7-8-13-29(42)43)41(5)34(45)22-15-16-24(27(20-22)47-6)39-33(44)23-11-10-12-25-31(23)40-32(38-25)30(37)35(46)49-36(2,3)4/h10-12,14-17,19-20,30H,7-9,13,18,37H2,1-6H3,(H,38,40)(H,39,44)(H,42,43). The third-order valence-corrected chi connectivity index (χ3v) is 7.50. The van der Waals surface area contributed by atoms with Gasteiger partial charge in [-0.15, -0.1) is 0 Å². The van der Waals surface area contributed by atoms with E-state index in [-0.39, 0.29) is 29.5 Å². The van der Waals surface area contributed by atoms with Crippen LogP contribution in [-0.2, 0) is 14.3 Å². The number of rotatable bonds is 14. The maximum Gasteiger partial charge on any atom is 0.331 e. The van der Waals surface area contributed by atoms with Crippen LogP contribution in [0, 0.1) is 6.92 Å². The number of amides is 2. The molecule has 0 aliphatic rings. The number of unbranched alkanes of at least 4 members (excludes halogenated alkanes) is 2. The van der Waals surface area contributed by atoms with Crippen molar-refractivity contribution in [2.24, 2.45) is 5.73 Å². The average Bonchev–Trinajstić information content (AvgIpc) is 3.49. The molecular weight excluding hydrogens is 630 g/mol. The lowest BCUT2D eigenvalue weighted by Crippen LogP contribution is -2.32. The number of carbonyl (C=O) groups excluding carboxylic acids is 3. The molecule has 4 rings (SSSR count). The molecule has 0 saturated heterocycles. The molecule has 0 bridgehead atoms. The van der Waals surface area contributed by atoms with Gasteiger partial charge in [0.2, 0.25) is 0 Å². The number of carbonyl (C=O) groups is 4. The lowest BCUT2D eigenvalue weighted by Gasteiger charge is -2.22. The van der Waals surface area contributed by atoms with Gasteiger partial charge in [-0.25, -0.2) is 9.78 Å². The minimum atomic E-state index is -1.18. The van der Waals surface area contributed by atoms with E-state index in [1.165, 1.54) is 12.0 Å². The van der Waals surface area contributed by atoms with Gasteiger partial charge < -0.3 is 40.3 Å². The predicted octanol–water partition coefficient (Wildman–Crippen LogP) is 5.77. The van der Waals surface area contributed by atoms with E-state index >= 15 is 0 Å². The van der Waals surface area contributed by atoms with E-state index in [9.17, 15) is 19.2 Å².